The minimum atomic E-state index is -0.691. The summed E-state index contributed by atoms with van der Waals surface area (Å²) in [5.41, 5.74) is 0.994. The molecule has 0 bridgehead atoms. The molecule has 0 aliphatic heterocycles. The lowest BCUT2D eigenvalue weighted by molar-refractivity contribution is 0.0731. The molecule has 0 radical (unpaired) electrons. The van der Waals surface area contributed by atoms with Gasteiger partial charge in [-0.15, -0.1) is 0 Å². The highest BCUT2D eigenvalue weighted by Gasteiger charge is 2.29. The van der Waals surface area contributed by atoms with E-state index in [0.29, 0.717) is 39.9 Å². The van der Waals surface area contributed by atoms with Gasteiger partial charge in [0.05, 0.1) is 12.2 Å². The second-order valence-electron chi connectivity index (χ2n) is 9.48. The van der Waals surface area contributed by atoms with Crippen molar-refractivity contribution in [2.24, 2.45) is 0 Å². The van der Waals surface area contributed by atoms with Gasteiger partial charge < -0.3 is 18.9 Å². The lowest BCUT2D eigenvalue weighted by Gasteiger charge is -2.22. The average molecular weight is 589 g/mol. The van der Waals surface area contributed by atoms with E-state index in [2.05, 4.69) is 0 Å². The summed E-state index contributed by atoms with van der Waals surface area (Å²) in [6, 6.07) is 23.4. The summed E-state index contributed by atoms with van der Waals surface area (Å²) in [7, 11) is 0. The predicted molar refractivity (Wildman–Crippen MR) is 158 cm³/mol. The standard InChI is InChI=1S/C34H27ClF2O5/c1-3-4-19-39-30-24-18-17-22(35)20-25(24)31(42-34(38)23-12-6-5-11-21(23)2)33(41-29-16-10-8-14-27(29)37)32(30)40-28-15-9-7-13-26(28)36/h5-18,20H,3-4,19H2,1-2H3. The van der Waals surface area contributed by atoms with Gasteiger partial charge in [-0.3, -0.25) is 0 Å². The molecular formula is C34H27ClF2O5. The first-order chi connectivity index (χ1) is 20.4. The molecule has 0 unspecified atom stereocenters. The number of hydrogen-bond acceptors (Lipinski definition) is 5. The molecule has 0 heterocycles. The monoisotopic (exact) mass is 588 g/mol. The minimum Gasteiger partial charge on any atom is -0.489 e. The maximum atomic E-state index is 15.0. The lowest BCUT2D eigenvalue weighted by Crippen LogP contribution is -2.12. The molecule has 0 aromatic heterocycles. The molecule has 5 aromatic carbocycles. The van der Waals surface area contributed by atoms with Crippen molar-refractivity contribution in [2.75, 3.05) is 6.61 Å². The number of carbonyl (C=O) groups excluding carboxylic acids is 1. The second-order valence-corrected chi connectivity index (χ2v) is 9.91. The highest BCUT2D eigenvalue weighted by molar-refractivity contribution is 6.31. The Kier molecular flexibility index (Phi) is 8.88. The fraction of sp³-hybridized carbons (Fsp3) is 0.147. The molecule has 0 saturated carbocycles. The van der Waals surface area contributed by atoms with E-state index in [1.807, 2.05) is 6.92 Å². The van der Waals surface area contributed by atoms with Crippen LogP contribution in [0.15, 0.2) is 91.0 Å². The van der Waals surface area contributed by atoms with E-state index in [0.717, 1.165) is 6.42 Å². The van der Waals surface area contributed by atoms with Crippen molar-refractivity contribution >= 4 is 28.3 Å². The molecule has 42 heavy (non-hydrogen) atoms. The molecule has 0 spiro atoms. The van der Waals surface area contributed by atoms with Crippen molar-refractivity contribution < 1.29 is 32.5 Å². The zero-order valence-corrected chi connectivity index (χ0v) is 23.7. The van der Waals surface area contributed by atoms with Crippen LogP contribution in [0.3, 0.4) is 0 Å². The third kappa shape index (κ3) is 6.16. The van der Waals surface area contributed by atoms with E-state index < -0.39 is 17.6 Å². The fourth-order valence-electron chi connectivity index (χ4n) is 4.33. The number of para-hydroxylation sites is 2. The first-order valence-corrected chi connectivity index (χ1v) is 13.8. The van der Waals surface area contributed by atoms with Crippen molar-refractivity contribution in [3.05, 3.63) is 119 Å². The highest BCUT2D eigenvalue weighted by Crippen LogP contribution is 2.55. The van der Waals surface area contributed by atoms with Crippen LogP contribution >= 0.6 is 11.6 Å². The number of rotatable bonds is 10. The van der Waals surface area contributed by atoms with Crippen LogP contribution in [-0.2, 0) is 0 Å². The molecular weight excluding hydrogens is 562 g/mol. The Hall–Kier alpha value is -4.62. The van der Waals surface area contributed by atoms with Crippen molar-refractivity contribution in [2.45, 2.75) is 26.7 Å². The van der Waals surface area contributed by atoms with Crippen LogP contribution in [0.5, 0.6) is 34.5 Å². The van der Waals surface area contributed by atoms with Crippen molar-refractivity contribution in [1.82, 2.24) is 0 Å². The zero-order chi connectivity index (χ0) is 29.6. The molecule has 0 atom stereocenters. The lowest BCUT2D eigenvalue weighted by atomic mass is 10.1. The number of aryl methyl sites for hydroxylation is 1. The SMILES string of the molecule is CCCCOc1c(Oc2ccccc2F)c(Oc2ccccc2F)c(OC(=O)c2ccccc2C)c2cc(Cl)ccc12. The van der Waals surface area contributed by atoms with Gasteiger partial charge in [0.1, 0.15) is 0 Å². The van der Waals surface area contributed by atoms with Gasteiger partial charge in [-0.05, 0) is 67.4 Å². The molecule has 214 valence electrons. The largest absolute Gasteiger partial charge is 0.489 e. The number of carbonyl (C=O) groups is 1. The van der Waals surface area contributed by atoms with Gasteiger partial charge >= 0.3 is 5.97 Å². The Morgan fingerprint density at radius 2 is 1.33 bits per heavy atom. The van der Waals surface area contributed by atoms with E-state index in [1.165, 1.54) is 36.4 Å². The maximum absolute atomic E-state index is 15.0. The number of unbranched alkanes of at least 4 members (excludes halogenated alkanes) is 1. The first-order valence-electron chi connectivity index (χ1n) is 13.4. The van der Waals surface area contributed by atoms with Crippen LogP contribution in [0.4, 0.5) is 8.78 Å². The van der Waals surface area contributed by atoms with Gasteiger partial charge in [0.15, 0.2) is 34.6 Å². The van der Waals surface area contributed by atoms with Gasteiger partial charge in [0, 0.05) is 15.8 Å². The number of esters is 1. The molecule has 0 aliphatic carbocycles. The number of hydrogen-bond donors (Lipinski definition) is 0. The van der Waals surface area contributed by atoms with Crippen LogP contribution in [-0.4, -0.2) is 12.6 Å². The third-order valence-corrected chi connectivity index (χ3v) is 6.73. The van der Waals surface area contributed by atoms with E-state index in [1.54, 1.807) is 61.5 Å². The Morgan fingerprint density at radius 3 is 1.95 bits per heavy atom. The molecule has 0 fully saturated rings. The van der Waals surface area contributed by atoms with Crippen molar-refractivity contribution in [3.63, 3.8) is 0 Å². The molecule has 0 aliphatic rings. The van der Waals surface area contributed by atoms with Gasteiger partial charge in [-0.2, -0.15) is 0 Å². The Labute approximate surface area is 247 Å². The molecule has 5 aromatic rings. The maximum Gasteiger partial charge on any atom is 0.343 e. The predicted octanol–water partition coefficient (Wildman–Crippen LogP) is 10.1. The van der Waals surface area contributed by atoms with E-state index in [9.17, 15) is 13.6 Å². The zero-order valence-electron chi connectivity index (χ0n) is 23.0. The van der Waals surface area contributed by atoms with Gasteiger partial charge in [0.25, 0.3) is 0 Å². The smallest absolute Gasteiger partial charge is 0.343 e. The topological polar surface area (TPSA) is 54.0 Å². The van der Waals surface area contributed by atoms with Crippen molar-refractivity contribution in [1.29, 1.82) is 0 Å². The molecule has 5 rings (SSSR count). The molecule has 5 nitrogen and oxygen atoms in total. The molecule has 0 N–H and O–H groups in total. The van der Waals surface area contributed by atoms with E-state index in [-0.39, 0.29) is 34.5 Å². The minimum absolute atomic E-state index is 0.0955. The number of halogens is 3. The fourth-order valence-corrected chi connectivity index (χ4v) is 4.50. The summed E-state index contributed by atoms with van der Waals surface area (Å²) in [5.74, 6) is -2.52. The van der Waals surface area contributed by atoms with Gasteiger partial charge in [0.2, 0.25) is 11.5 Å². The molecule has 0 amide bonds. The number of fused-ring (bicyclic) bond motifs is 1. The summed E-state index contributed by atoms with van der Waals surface area (Å²) in [6.07, 6.45) is 1.56. The first kappa shape index (κ1) is 28.9. The van der Waals surface area contributed by atoms with Gasteiger partial charge in [-0.25, -0.2) is 13.6 Å². The summed E-state index contributed by atoms with van der Waals surface area (Å²) < 4.78 is 54.3. The van der Waals surface area contributed by atoms with Crippen LogP contribution in [0.25, 0.3) is 10.8 Å². The quantitative estimate of drug-likeness (QED) is 0.0923. The molecule has 8 heteroatoms. The summed E-state index contributed by atoms with van der Waals surface area (Å²) in [6.45, 7) is 4.09. The van der Waals surface area contributed by atoms with Crippen LogP contribution in [0.2, 0.25) is 5.02 Å². The van der Waals surface area contributed by atoms with Crippen LogP contribution < -0.4 is 18.9 Å². The van der Waals surface area contributed by atoms with Gasteiger partial charge in [-0.1, -0.05) is 67.4 Å². The second kappa shape index (κ2) is 12.9. The van der Waals surface area contributed by atoms with Crippen LogP contribution in [0.1, 0.15) is 35.7 Å². The Balaban J connectivity index is 1.81. The highest BCUT2D eigenvalue weighted by atomic mass is 35.5. The van der Waals surface area contributed by atoms with Crippen LogP contribution in [0, 0.1) is 18.6 Å². The summed E-state index contributed by atoms with van der Waals surface area (Å²) in [5, 5.41) is 1.16. The number of benzene rings is 5. The third-order valence-electron chi connectivity index (χ3n) is 6.49. The van der Waals surface area contributed by atoms with Crippen molar-refractivity contribution in [3.8, 4) is 34.5 Å². The number of ether oxygens (including phenoxy) is 4. The molecule has 0 saturated heterocycles. The Morgan fingerprint density at radius 1 is 0.738 bits per heavy atom. The Bertz CT molecular complexity index is 1750. The van der Waals surface area contributed by atoms with E-state index >= 15 is 0 Å². The summed E-state index contributed by atoms with van der Waals surface area (Å²) in [4.78, 5) is 13.5. The van der Waals surface area contributed by atoms with E-state index in [4.69, 9.17) is 30.5 Å². The normalized spacial score (nSPS) is 10.9. The summed E-state index contributed by atoms with van der Waals surface area (Å²) >= 11 is 6.41. The average Bonchev–Trinajstić information content (AvgIpc) is 2.98.